The first-order valence-electron chi connectivity index (χ1n) is 9.36. The third kappa shape index (κ3) is 6.13. The number of carbonyl (C=O) groups is 1. The van der Waals surface area contributed by atoms with Crippen molar-refractivity contribution in [2.45, 2.75) is 26.0 Å². The quantitative estimate of drug-likeness (QED) is 0.510. The fraction of sp³-hybridized carbons (Fsp3) is 0.286. The Morgan fingerprint density at radius 2 is 1.86 bits per heavy atom. The summed E-state index contributed by atoms with van der Waals surface area (Å²) >= 11 is 0. The summed E-state index contributed by atoms with van der Waals surface area (Å²) in [4.78, 5) is 16.4. The van der Waals surface area contributed by atoms with Crippen LogP contribution in [0.25, 0.3) is 11.4 Å². The van der Waals surface area contributed by atoms with E-state index in [1.165, 1.54) is 0 Å². The zero-order valence-corrected chi connectivity index (χ0v) is 16.3. The maximum absolute atomic E-state index is 12.3. The van der Waals surface area contributed by atoms with Crippen LogP contribution in [0.5, 0.6) is 5.75 Å². The predicted molar refractivity (Wildman–Crippen MR) is 109 cm³/mol. The lowest BCUT2D eigenvalue weighted by Crippen LogP contribution is -2.35. The lowest BCUT2D eigenvalue weighted by atomic mass is 10.2. The highest BCUT2D eigenvalue weighted by atomic mass is 16.5. The Morgan fingerprint density at radius 3 is 2.55 bits per heavy atom. The first-order chi connectivity index (χ1) is 14.0. The van der Waals surface area contributed by atoms with Gasteiger partial charge in [0.05, 0.1) is 0 Å². The monoisotopic (exact) mass is 396 g/mol. The number of rotatable bonds is 9. The average Bonchev–Trinajstić information content (AvgIpc) is 3.23. The zero-order valence-electron chi connectivity index (χ0n) is 16.3. The molecule has 152 valence electrons. The van der Waals surface area contributed by atoms with Gasteiger partial charge in [-0.05, 0) is 24.3 Å². The van der Waals surface area contributed by atoms with Gasteiger partial charge in [0.15, 0.2) is 0 Å². The van der Waals surface area contributed by atoms with Gasteiger partial charge in [0.1, 0.15) is 18.5 Å². The molecule has 1 amide bonds. The van der Waals surface area contributed by atoms with Gasteiger partial charge in [0.2, 0.25) is 5.82 Å². The van der Waals surface area contributed by atoms with Gasteiger partial charge in [-0.2, -0.15) is 4.98 Å². The van der Waals surface area contributed by atoms with Gasteiger partial charge >= 0.3 is 11.8 Å². The number of ether oxygens (including phenoxy) is 1. The van der Waals surface area contributed by atoms with Crippen molar-refractivity contribution in [1.82, 2.24) is 15.5 Å². The summed E-state index contributed by atoms with van der Waals surface area (Å²) in [5.41, 5.74) is 1.33. The minimum absolute atomic E-state index is 0.120. The SMILES string of the molecule is CC(C)NCC(O)COc1ccc(NC(=O)c2nc(-c3ccccc3)no2)cc1. The number of carbonyl (C=O) groups excluding carboxylic acids is 1. The van der Waals surface area contributed by atoms with E-state index in [0.717, 1.165) is 5.56 Å². The molecule has 3 N–H and O–H groups in total. The molecule has 0 aliphatic carbocycles. The molecule has 0 fully saturated rings. The molecule has 1 heterocycles. The van der Waals surface area contributed by atoms with E-state index in [0.29, 0.717) is 29.8 Å². The van der Waals surface area contributed by atoms with E-state index in [9.17, 15) is 9.90 Å². The Morgan fingerprint density at radius 1 is 1.14 bits per heavy atom. The van der Waals surface area contributed by atoms with Gasteiger partial charge in [0.25, 0.3) is 0 Å². The number of anilines is 1. The molecular formula is C21H24N4O4. The summed E-state index contributed by atoms with van der Waals surface area (Å²) in [6.45, 7) is 4.66. The van der Waals surface area contributed by atoms with E-state index in [2.05, 4.69) is 20.8 Å². The van der Waals surface area contributed by atoms with Crippen LogP contribution in [0, 0.1) is 0 Å². The maximum Gasteiger partial charge on any atom is 0.316 e. The first-order valence-corrected chi connectivity index (χ1v) is 9.36. The summed E-state index contributed by atoms with van der Waals surface area (Å²) in [5.74, 6) is 0.328. The molecule has 0 spiro atoms. The number of aliphatic hydroxyl groups is 1. The van der Waals surface area contributed by atoms with Crippen LogP contribution in [0.1, 0.15) is 24.5 Å². The summed E-state index contributed by atoms with van der Waals surface area (Å²) in [6, 6.07) is 16.4. The lowest BCUT2D eigenvalue weighted by molar-refractivity contribution is 0.0981. The second-order valence-electron chi connectivity index (χ2n) is 6.80. The fourth-order valence-corrected chi connectivity index (χ4v) is 2.46. The molecule has 0 aliphatic heterocycles. The van der Waals surface area contributed by atoms with Crippen molar-refractivity contribution in [2.24, 2.45) is 0 Å². The van der Waals surface area contributed by atoms with Crippen molar-refractivity contribution in [3.63, 3.8) is 0 Å². The summed E-state index contributed by atoms with van der Waals surface area (Å²) in [7, 11) is 0. The van der Waals surface area contributed by atoms with Crippen LogP contribution in [-0.2, 0) is 0 Å². The van der Waals surface area contributed by atoms with Gasteiger partial charge in [-0.3, -0.25) is 4.79 Å². The van der Waals surface area contributed by atoms with E-state index in [1.807, 2.05) is 44.2 Å². The average molecular weight is 396 g/mol. The fourth-order valence-electron chi connectivity index (χ4n) is 2.46. The topological polar surface area (TPSA) is 110 Å². The molecule has 0 saturated carbocycles. The second-order valence-corrected chi connectivity index (χ2v) is 6.80. The Labute approximate surface area is 168 Å². The molecule has 0 radical (unpaired) electrons. The third-order valence-corrected chi connectivity index (χ3v) is 3.97. The highest BCUT2D eigenvalue weighted by Crippen LogP contribution is 2.18. The van der Waals surface area contributed by atoms with Crippen molar-refractivity contribution in [2.75, 3.05) is 18.5 Å². The number of benzene rings is 2. The molecule has 0 saturated heterocycles. The van der Waals surface area contributed by atoms with Crippen molar-refractivity contribution in [1.29, 1.82) is 0 Å². The molecule has 3 aromatic rings. The number of hydrogen-bond acceptors (Lipinski definition) is 7. The highest BCUT2D eigenvalue weighted by molar-refractivity contribution is 6.01. The zero-order chi connectivity index (χ0) is 20.6. The maximum atomic E-state index is 12.3. The van der Waals surface area contributed by atoms with E-state index < -0.39 is 12.0 Å². The number of nitrogens with one attached hydrogen (secondary N) is 2. The van der Waals surface area contributed by atoms with E-state index in [1.54, 1.807) is 24.3 Å². The van der Waals surface area contributed by atoms with Crippen molar-refractivity contribution in [3.8, 4) is 17.1 Å². The molecule has 1 aromatic heterocycles. The smallest absolute Gasteiger partial charge is 0.316 e. The lowest BCUT2D eigenvalue weighted by Gasteiger charge is -2.15. The minimum atomic E-state index is -0.604. The van der Waals surface area contributed by atoms with E-state index >= 15 is 0 Å². The number of aliphatic hydroxyl groups excluding tert-OH is 1. The number of hydrogen-bond donors (Lipinski definition) is 3. The molecule has 1 unspecified atom stereocenters. The molecule has 8 nitrogen and oxygen atoms in total. The third-order valence-electron chi connectivity index (χ3n) is 3.97. The van der Waals surface area contributed by atoms with Gasteiger partial charge in [-0.1, -0.05) is 49.3 Å². The summed E-state index contributed by atoms with van der Waals surface area (Å²) in [5, 5.41) is 19.5. The van der Waals surface area contributed by atoms with Crippen molar-refractivity contribution < 1.29 is 19.2 Å². The number of nitrogens with zero attached hydrogens (tertiary/aromatic N) is 2. The predicted octanol–water partition coefficient (Wildman–Crippen LogP) is 2.73. The van der Waals surface area contributed by atoms with Crippen LogP contribution in [0.3, 0.4) is 0 Å². The van der Waals surface area contributed by atoms with Crippen molar-refractivity contribution >= 4 is 11.6 Å². The van der Waals surface area contributed by atoms with Crippen LogP contribution < -0.4 is 15.4 Å². The van der Waals surface area contributed by atoms with Crippen molar-refractivity contribution in [3.05, 3.63) is 60.5 Å². The second kappa shape index (κ2) is 9.81. The Balaban J connectivity index is 1.52. The minimum Gasteiger partial charge on any atom is -0.491 e. The van der Waals surface area contributed by atoms with Crippen LogP contribution in [0.15, 0.2) is 59.1 Å². The Bertz CT molecular complexity index is 910. The van der Waals surface area contributed by atoms with E-state index in [-0.39, 0.29) is 12.5 Å². The molecule has 3 rings (SSSR count). The highest BCUT2D eigenvalue weighted by Gasteiger charge is 2.16. The van der Waals surface area contributed by atoms with E-state index in [4.69, 9.17) is 9.26 Å². The molecular weight excluding hydrogens is 372 g/mol. The number of amides is 1. The standard InChI is InChI=1S/C21H24N4O4/c1-14(2)22-12-17(26)13-28-18-10-8-16(9-11-18)23-20(27)21-24-19(25-29-21)15-6-4-3-5-7-15/h3-11,14,17,22,26H,12-13H2,1-2H3,(H,23,27). The summed E-state index contributed by atoms with van der Waals surface area (Å²) < 4.78 is 10.6. The molecule has 2 aromatic carbocycles. The van der Waals surface area contributed by atoms with Gasteiger partial charge < -0.3 is 25.0 Å². The van der Waals surface area contributed by atoms with Crippen LogP contribution in [-0.4, -0.2) is 46.5 Å². The molecule has 8 heteroatoms. The van der Waals surface area contributed by atoms with Crippen LogP contribution >= 0.6 is 0 Å². The van der Waals surface area contributed by atoms with Gasteiger partial charge in [-0.25, -0.2) is 0 Å². The van der Waals surface area contributed by atoms with Gasteiger partial charge in [-0.15, -0.1) is 0 Å². The summed E-state index contributed by atoms with van der Waals surface area (Å²) in [6.07, 6.45) is -0.604. The van der Waals surface area contributed by atoms with Crippen LogP contribution in [0.4, 0.5) is 5.69 Å². The molecule has 0 bridgehead atoms. The first kappa shape index (κ1) is 20.5. The Kier molecular flexibility index (Phi) is 6.94. The normalized spacial score (nSPS) is 12.0. The largest absolute Gasteiger partial charge is 0.491 e. The molecule has 29 heavy (non-hydrogen) atoms. The number of aromatic nitrogens is 2. The Hall–Kier alpha value is -3.23. The van der Waals surface area contributed by atoms with Crippen LogP contribution in [0.2, 0.25) is 0 Å². The molecule has 1 atom stereocenters. The molecule has 0 aliphatic rings. The van der Waals surface area contributed by atoms with Gasteiger partial charge in [0, 0.05) is 23.8 Å².